The third kappa shape index (κ3) is 4.85. The molecule has 0 radical (unpaired) electrons. The fourth-order valence-electron chi connectivity index (χ4n) is 3.56. The van der Waals surface area contributed by atoms with Crippen LogP contribution < -0.4 is 5.32 Å². The van der Waals surface area contributed by atoms with Gasteiger partial charge in [0.2, 0.25) is 5.91 Å². The standard InChI is InChI=1S/C22H26N4O5S/c1-5-13(3)23-18(27)11-17-12-32-22-24-14(4)19(21(28)31-6-2)20(25(17)22)15-8-7-9-16(10-15)26(29)30/h7-10,12-13,20H,5-6,11H2,1-4H3,(H,23,27)/t13-,20+/m0/s1. The maximum atomic E-state index is 12.9. The maximum absolute atomic E-state index is 12.9. The zero-order valence-electron chi connectivity index (χ0n) is 18.5. The number of allylic oxidation sites excluding steroid dienone is 1. The first kappa shape index (κ1) is 23.5. The van der Waals surface area contributed by atoms with Gasteiger partial charge in [-0.2, -0.15) is 0 Å². The van der Waals surface area contributed by atoms with Crippen molar-refractivity contribution in [1.82, 2.24) is 10.2 Å². The number of amidine groups is 1. The molecule has 2 atom stereocenters. The van der Waals surface area contributed by atoms with Gasteiger partial charge in [-0.25, -0.2) is 9.79 Å². The molecule has 0 aromatic heterocycles. The number of hydrogen-bond donors (Lipinski definition) is 1. The Hall–Kier alpha value is -3.14. The van der Waals surface area contributed by atoms with E-state index in [0.717, 1.165) is 6.42 Å². The Morgan fingerprint density at radius 1 is 1.38 bits per heavy atom. The van der Waals surface area contributed by atoms with Gasteiger partial charge in [0.05, 0.1) is 35.3 Å². The van der Waals surface area contributed by atoms with Crippen molar-refractivity contribution in [3.63, 3.8) is 0 Å². The van der Waals surface area contributed by atoms with Crippen molar-refractivity contribution in [2.45, 2.75) is 52.6 Å². The van der Waals surface area contributed by atoms with E-state index in [0.29, 0.717) is 27.7 Å². The average Bonchev–Trinajstić information content (AvgIpc) is 3.14. The SMILES string of the molecule is CCOC(=O)C1=C(C)N=C2SC=C(CC(=O)N[C@@H](C)CC)N2[C@@H]1c1cccc([N+](=O)[O-])c1. The third-order valence-electron chi connectivity index (χ3n) is 5.25. The number of hydrogen-bond acceptors (Lipinski definition) is 8. The van der Waals surface area contributed by atoms with Crippen LogP contribution in [0.3, 0.4) is 0 Å². The van der Waals surface area contributed by atoms with Gasteiger partial charge in [0.15, 0.2) is 5.17 Å². The van der Waals surface area contributed by atoms with E-state index in [2.05, 4.69) is 10.3 Å². The van der Waals surface area contributed by atoms with Crippen LogP contribution in [0.25, 0.3) is 0 Å². The van der Waals surface area contributed by atoms with E-state index in [9.17, 15) is 19.7 Å². The lowest BCUT2D eigenvalue weighted by Crippen LogP contribution is -2.39. The Balaban J connectivity index is 2.05. The number of fused-ring (bicyclic) bond motifs is 1. The first-order chi connectivity index (χ1) is 15.3. The summed E-state index contributed by atoms with van der Waals surface area (Å²) in [5.74, 6) is -0.682. The molecule has 2 aliphatic heterocycles. The van der Waals surface area contributed by atoms with E-state index in [1.165, 1.54) is 23.9 Å². The molecule has 1 amide bonds. The summed E-state index contributed by atoms with van der Waals surface area (Å²) in [5.41, 5.74) is 1.91. The number of thioether (sulfide) groups is 1. The molecular formula is C22H26N4O5S. The Labute approximate surface area is 190 Å². The van der Waals surface area contributed by atoms with Crippen molar-refractivity contribution in [2.75, 3.05) is 6.61 Å². The van der Waals surface area contributed by atoms with Gasteiger partial charge in [-0.05, 0) is 38.2 Å². The molecule has 2 heterocycles. The highest BCUT2D eigenvalue weighted by Crippen LogP contribution is 2.45. The molecule has 1 aromatic rings. The molecule has 3 rings (SSSR count). The van der Waals surface area contributed by atoms with Crippen LogP contribution in [0.1, 0.15) is 52.1 Å². The molecule has 0 fully saturated rings. The minimum absolute atomic E-state index is 0.0384. The van der Waals surface area contributed by atoms with Crippen LogP contribution in [-0.2, 0) is 14.3 Å². The molecule has 0 aliphatic carbocycles. The Morgan fingerprint density at radius 2 is 2.12 bits per heavy atom. The Kier molecular flexibility index (Phi) is 7.34. The molecule has 10 heteroatoms. The average molecular weight is 459 g/mol. The number of nitro groups is 1. The molecule has 0 spiro atoms. The highest BCUT2D eigenvalue weighted by Gasteiger charge is 2.41. The van der Waals surface area contributed by atoms with Crippen molar-refractivity contribution in [3.05, 3.63) is 62.3 Å². The number of non-ortho nitro benzene ring substituents is 1. The molecule has 9 nitrogen and oxygen atoms in total. The normalized spacial score (nSPS) is 18.5. The molecule has 170 valence electrons. The third-order valence-corrected chi connectivity index (χ3v) is 6.14. The van der Waals surface area contributed by atoms with Crippen molar-refractivity contribution in [1.29, 1.82) is 0 Å². The van der Waals surface area contributed by atoms with Crippen LogP contribution in [0.5, 0.6) is 0 Å². The van der Waals surface area contributed by atoms with Crippen LogP contribution in [0, 0.1) is 10.1 Å². The molecule has 1 aromatic carbocycles. The molecule has 2 aliphatic rings. The lowest BCUT2D eigenvalue weighted by atomic mass is 9.93. The molecule has 1 N–H and O–H groups in total. The number of nitrogens with one attached hydrogen (secondary N) is 1. The van der Waals surface area contributed by atoms with Crippen LogP contribution in [0.4, 0.5) is 5.69 Å². The Morgan fingerprint density at radius 3 is 2.78 bits per heavy atom. The second-order valence-electron chi connectivity index (χ2n) is 7.52. The van der Waals surface area contributed by atoms with E-state index in [1.807, 2.05) is 19.3 Å². The summed E-state index contributed by atoms with van der Waals surface area (Å²) in [5, 5.41) is 16.8. The van der Waals surface area contributed by atoms with Crippen molar-refractivity contribution in [2.24, 2.45) is 4.99 Å². The van der Waals surface area contributed by atoms with Gasteiger partial charge in [-0.1, -0.05) is 30.8 Å². The van der Waals surface area contributed by atoms with Crippen molar-refractivity contribution in [3.8, 4) is 0 Å². The predicted molar refractivity (Wildman–Crippen MR) is 123 cm³/mol. The van der Waals surface area contributed by atoms with Crippen LogP contribution in [0.2, 0.25) is 0 Å². The fourth-order valence-corrected chi connectivity index (χ4v) is 4.52. The highest BCUT2D eigenvalue weighted by molar-refractivity contribution is 8.16. The maximum Gasteiger partial charge on any atom is 0.338 e. The molecule has 0 saturated heterocycles. The molecular weight excluding hydrogens is 432 g/mol. The van der Waals surface area contributed by atoms with Gasteiger partial charge in [-0.3, -0.25) is 14.9 Å². The summed E-state index contributed by atoms with van der Waals surface area (Å²) >= 11 is 1.35. The van der Waals surface area contributed by atoms with Crippen molar-refractivity contribution >= 4 is 34.5 Å². The molecule has 0 saturated carbocycles. The van der Waals surface area contributed by atoms with Gasteiger partial charge in [0.1, 0.15) is 0 Å². The number of nitrogens with zero attached hydrogens (tertiary/aromatic N) is 3. The number of esters is 1. The number of rotatable bonds is 8. The van der Waals surface area contributed by atoms with Gasteiger partial charge in [0.25, 0.3) is 5.69 Å². The number of benzene rings is 1. The summed E-state index contributed by atoms with van der Waals surface area (Å²) < 4.78 is 5.28. The Bertz CT molecular complexity index is 1030. The monoisotopic (exact) mass is 458 g/mol. The zero-order chi connectivity index (χ0) is 23.4. The van der Waals surface area contributed by atoms with Gasteiger partial charge in [0, 0.05) is 23.9 Å². The van der Waals surface area contributed by atoms with E-state index in [-0.39, 0.29) is 30.7 Å². The second-order valence-corrected chi connectivity index (χ2v) is 8.36. The lowest BCUT2D eigenvalue weighted by Gasteiger charge is -2.36. The van der Waals surface area contributed by atoms with E-state index < -0.39 is 16.9 Å². The number of amides is 1. The highest BCUT2D eigenvalue weighted by atomic mass is 32.2. The number of nitro benzene ring substituents is 1. The van der Waals surface area contributed by atoms with Crippen LogP contribution in [0.15, 0.2) is 51.6 Å². The quantitative estimate of drug-likeness (QED) is 0.355. The minimum atomic E-state index is -0.695. The molecule has 0 bridgehead atoms. The summed E-state index contributed by atoms with van der Waals surface area (Å²) in [6.07, 6.45) is 0.901. The summed E-state index contributed by atoms with van der Waals surface area (Å²) in [4.78, 5) is 42.8. The summed E-state index contributed by atoms with van der Waals surface area (Å²) in [6, 6.07) is 5.50. The first-order valence-corrected chi connectivity index (χ1v) is 11.3. The lowest BCUT2D eigenvalue weighted by molar-refractivity contribution is -0.384. The number of carbonyl (C=O) groups excluding carboxylic acids is 2. The topological polar surface area (TPSA) is 114 Å². The van der Waals surface area contributed by atoms with Crippen LogP contribution in [-0.4, -0.2) is 39.5 Å². The predicted octanol–water partition coefficient (Wildman–Crippen LogP) is 4.04. The zero-order valence-corrected chi connectivity index (χ0v) is 19.3. The first-order valence-electron chi connectivity index (χ1n) is 10.4. The number of aliphatic imine (C=N–C) groups is 1. The van der Waals surface area contributed by atoms with Gasteiger partial charge < -0.3 is 15.0 Å². The van der Waals surface area contributed by atoms with Crippen molar-refractivity contribution < 1.29 is 19.2 Å². The fraction of sp³-hybridized carbons (Fsp3) is 0.409. The van der Waals surface area contributed by atoms with E-state index in [1.54, 1.807) is 30.9 Å². The summed E-state index contributed by atoms with van der Waals surface area (Å²) in [7, 11) is 0. The number of ether oxygens (including phenoxy) is 1. The van der Waals surface area contributed by atoms with Gasteiger partial charge >= 0.3 is 5.97 Å². The second kappa shape index (κ2) is 9.99. The largest absolute Gasteiger partial charge is 0.463 e. The van der Waals surface area contributed by atoms with Crippen LogP contribution >= 0.6 is 11.8 Å². The summed E-state index contributed by atoms with van der Waals surface area (Å²) in [6.45, 7) is 7.53. The smallest absolute Gasteiger partial charge is 0.338 e. The minimum Gasteiger partial charge on any atom is -0.463 e. The van der Waals surface area contributed by atoms with E-state index in [4.69, 9.17) is 4.74 Å². The van der Waals surface area contributed by atoms with Gasteiger partial charge in [-0.15, -0.1) is 0 Å². The molecule has 0 unspecified atom stereocenters. The molecule has 32 heavy (non-hydrogen) atoms. The van der Waals surface area contributed by atoms with E-state index >= 15 is 0 Å². The number of carbonyl (C=O) groups is 2.